The Balaban J connectivity index is 1.93. The second kappa shape index (κ2) is 5.00. The average Bonchev–Trinajstić information content (AvgIpc) is 3.13. The molecule has 0 aliphatic heterocycles. The Bertz CT molecular complexity index is 489. The molecule has 0 unspecified atom stereocenters. The normalized spacial score (nSPS) is 13.8. The summed E-state index contributed by atoms with van der Waals surface area (Å²) in [5, 5.41) is 5.08. The fourth-order valence-electron chi connectivity index (χ4n) is 1.45. The zero-order chi connectivity index (χ0) is 13.1. The number of Topliss-reactive ketones (excluding diaryl/α,β-unsaturated/α-hetero) is 1. The Morgan fingerprint density at radius 3 is 2.17 bits per heavy atom. The van der Waals surface area contributed by atoms with Crippen molar-refractivity contribution in [3.05, 3.63) is 29.8 Å². The van der Waals surface area contributed by atoms with Gasteiger partial charge in [0.2, 0.25) is 0 Å². The van der Waals surface area contributed by atoms with E-state index in [9.17, 15) is 14.4 Å². The van der Waals surface area contributed by atoms with Crippen molar-refractivity contribution < 1.29 is 14.4 Å². The van der Waals surface area contributed by atoms with Crippen molar-refractivity contribution in [3.8, 4) is 0 Å². The number of anilines is 1. The van der Waals surface area contributed by atoms with Crippen LogP contribution in [0.15, 0.2) is 24.3 Å². The monoisotopic (exact) mass is 246 g/mol. The van der Waals surface area contributed by atoms with Crippen molar-refractivity contribution >= 4 is 23.3 Å². The average molecular weight is 246 g/mol. The van der Waals surface area contributed by atoms with E-state index in [0.717, 1.165) is 12.8 Å². The van der Waals surface area contributed by atoms with Gasteiger partial charge in [-0.3, -0.25) is 14.4 Å². The fraction of sp³-hybridized carbons (Fsp3) is 0.308. The minimum Gasteiger partial charge on any atom is -0.345 e. The molecule has 0 atom stereocenters. The Hall–Kier alpha value is -2.17. The summed E-state index contributed by atoms with van der Waals surface area (Å²) < 4.78 is 0. The molecule has 1 saturated carbocycles. The molecule has 5 heteroatoms. The molecule has 0 aromatic heterocycles. The molecule has 2 rings (SSSR count). The first-order valence-electron chi connectivity index (χ1n) is 5.79. The molecule has 94 valence electrons. The number of hydrogen-bond acceptors (Lipinski definition) is 3. The van der Waals surface area contributed by atoms with Gasteiger partial charge in [0.25, 0.3) is 0 Å². The molecule has 1 aliphatic carbocycles. The molecule has 1 fully saturated rings. The second-order valence-electron chi connectivity index (χ2n) is 4.34. The first-order valence-corrected chi connectivity index (χ1v) is 5.79. The van der Waals surface area contributed by atoms with Gasteiger partial charge in [-0.25, -0.2) is 0 Å². The van der Waals surface area contributed by atoms with Crippen molar-refractivity contribution in [2.75, 3.05) is 5.32 Å². The van der Waals surface area contributed by atoms with Crippen LogP contribution in [-0.2, 0) is 9.59 Å². The van der Waals surface area contributed by atoms with E-state index in [0.29, 0.717) is 11.3 Å². The van der Waals surface area contributed by atoms with Crippen LogP contribution < -0.4 is 10.6 Å². The highest BCUT2D eigenvalue weighted by molar-refractivity contribution is 6.39. The quantitative estimate of drug-likeness (QED) is 0.619. The predicted molar refractivity (Wildman–Crippen MR) is 66.2 cm³/mol. The topological polar surface area (TPSA) is 75.3 Å². The molecule has 2 N–H and O–H groups in total. The van der Waals surface area contributed by atoms with E-state index in [1.54, 1.807) is 24.3 Å². The van der Waals surface area contributed by atoms with Crippen LogP contribution in [-0.4, -0.2) is 23.6 Å². The molecule has 5 nitrogen and oxygen atoms in total. The number of amides is 2. The highest BCUT2D eigenvalue weighted by atomic mass is 16.2. The lowest BCUT2D eigenvalue weighted by Crippen LogP contribution is -2.36. The number of rotatable bonds is 3. The molecule has 1 aromatic carbocycles. The van der Waals surface area contributed by atoms with Crippen LogP contribution in [0.2, 0.25) is 0 Å². The molecule has 0 radical (unpaired) electrons. The number of carbonyl (C=O) groups excluding carboxylic acids is 3. The summed E-state index contributed by atoms with van der Waals surface area (Å²) in [7, 11) is 0. The van der Waals surface area contributed by atoms with E-state index in [1.807, 2.05) is 0 Å². The Morgan fingerprint density at radius 1 is 1.06 bits per heavy atom. The maximum absolute atomic E-state index is 11.5. The summed E-state index contributed by atoms with van der Waals surface area (Å²) in [6.45, 7) is 1.47. The zero-order valence-corrected chi connectivity index (χ0v) is 10.0. The summed E-state index contributed by atoms with van der Waals surface area (Å²) >= 11 is 0. The minimum atomic E-state index is -0.683. The smallest absolute Gasteiger partial charge is 0.313 e. The van der Waals surface area contributed by atoms with Crippen LogP contribution >= 0.6 is 0 Å². The van der Waals surface area contributed by atoms with Gasteiger partial charge >= 0.3 is 11.8 Å². The van der Waals surface area contributed by atoms with Crippen LogP contribution in [0, 0.1) is 0 Å². The van der Waals surface area contributed by atoms with Crippen LogP contribution in [0.25, 0.3) is 0 Å². The van der Waals surface area contributed by atoms with Gasteiger partial charge in [0.1, 0.15) is 0 Å². The molecular weight excluding hydrogens is 232 g/mol. The van der Waals surface area contributed by atoms with Crippen molar-refractivity contribution in [3.63, 3.8) is 0 Å². The van der Waals surface area contributed by atoms with Gasteiger partial charge in [-0.1, -0.05) is 0 Å². The van der Waals surface area contributed by atoms with Gasteiger partial charge in [-0.15, -0.1) is 0 Å². The highest BCUT2D eigenvalue weighted by Gasteiger charge is 2.26. The van der Waals surface area contributed by atoms with Gasteiger partial charge in [-0.05, 0) is 44.0 Å². The standard InChI is InChI=1S/C13H14N2O3/c1-8(16)9-2-4-10(5-3-9)14-12(17)13(18)15-11-6-7-11/h2-5,11H,6-7H2,1H3,(H,14,17)(H,15,18). The number of hydrogen-bond donors (Lipinski definition) is 2. The first kappa shape index (κ1) is 12.3. The SMILES string of the molecule is CC(=O)c1ccc(NC(=O)C(=O)NC2CC2)cc1. The van der Waals surface area contributed by atoms with Gasteiger partial charge in [0.05, 0.1) is 0 Å². The third-order valence-corrected chi connectivity index (χ3v) is 2.67. The summed E-state index contributed by atoms with van der Waals surface area (Å²) in [6, 6.07) is 6.56. The maximum Gasteiger partial charge on any atom is 0.313 e. The number of carbonyl (C=O) groups is 3. The number of ketones is 1. The van der Waals surface area contributed by atoms with Crippen LogP contribution in [0.5, 0.6) is 0 Å². The van der Waals surface area contributed by atoms with E-state index in [-0.39, 0.29) is 11.8 Å². The fourth-order valence-corrected chi connectivity index (χ4v) is 1.45. The van der Waals surface area contributed by atoms with Gasteiger partial charge < -0.3 is 10.6 Å². The summed E-state index contributed by atoms with van der Waals surface area (Å²) in [6.07, 6.45) is 1.87. The molecule has 0 heterocycles. The number of nitrogens with one attached hydrogen (secondary N) is 2. The predicted octanol–water partition coefficient (Wildman–Crippen LogP) is 1.11. The lowest BCUT2D eigenvalue weighted by Gasteiger charge is -2.05. The zero-order valence-electron chi connectivity index (χ0n) is 10.0. The van der Waals surface area contributed by atoms with Crippen LogP contribution in [0.1, 0.15) is 30.1 Å². The van der Waals surface area contributed by atoms with E-state index in [1.165, 1.54) is 6.92 Å². The van der Waals surface area contributed by atoms with Gasteiger partial charge in [0.15, 0.2) is 5.78 Å². The second-order valence-corrected chi connectivity index (χ2v) is 4.34. The van der Waals surface area contributed by atoms with E-state index in [4.69, 9.17) is 0 Å². The summed E-state index contributed by atoms with van der Waals surface area (Å²) in [5.41, 5.74) is 1.06. The Kier molecular flexibility index (Phi) is 3.41. The van der Waals surface area contributed by atoms with Crippen molar-refractivity contribution in [2.45, 2.75) is 25.8 Å². The molecule has 0 spiro atoms. The lowest BCUT2D eigenvalue weighted by atomic mass is 10.1. The Labute approximate surface area is 105 Å². The summed E-state index contributed by atoms with van der Waals surface area (Å²) in [4.78, 5) is 34.0. The van der Waals surface area contributed by atoms with Crippen LogP contribution in [0.4, 0.5) is 5.69 Å². The van der Waals surface area contributed by atoms with Crippen molar-refractivity contribution in [2.24, 2.45) is 0 Å². The minimum absolute atomic E-state index is 0.0423. The summed E-state index contributed by atoms with van der Waals surface area (Å²) in [5.74, 6) is -1.34. The van der Waals surface area contributed by atoms with Gasteiger partial charge in [0, 0.05) is 17.3 Å². The lowest BCUT2D eigenvalue weighted by molar-refractivity contribution is -0.136. The van der Waals surface area contributed by atoms with Gasteiger partial charge in [-0.2, -0.15) is 0 Å². The molecule has 2 amide bonds. The molecular formula is C13H14N2O3. The molecule has 1 aliphatic rings. The largest absolute Gasteiger partial charge is 0.345 e. The maximum atomic E-state index is 11.5. The Morgan fingerprint density at radius 2 is 1.67 bits per heavy atom. The van der Waals surface area contributed by atoms with E-state index >= 15 is 0 Å². The van der Waals surface area contributed by atoms with Crippen molar-refractivity contribution in [1.82, 2.24) is 5.32 Å². The highest BCUT2D eigenvalue weighted by Crippen LogP contribution is 2.18. The number of benzene rings is 1. The molecule has 0 bridgehead atoms. The molecule has 1 aromatic rings. The van der Waals surface area contributed by atoms with Crippen LogP contribution in [0.3, 0.4) is 0 Å². The third-order valence-electron chi connectivity index (χ3n) is 2.67. The first-order chi connectivity index (χ1) is 8.56. The van der Waals surface area contributed by atoms with Crippen molar-refractivity contribution in [1.29, 1.82) is 0 Å². The molecule has 0 saturated heterocycles. The van der Waals surface area contributed by atoms with E-state index in [2.05, 4.69) is 10.6 Å². The third kappa shape index (κ3) is 3.16. The molecule has 18 heavy (non-hydrogen) atoms. The van der Waals surface area contributed by atoms with E-state index < -0.39 is 11.8 Å².